The Balaban J connectivity index is 2.10. The van der Waals surface area contributed by atoms with Gasteiger partial charge in [0.2, 0.25) is 0 Å². The lowest BCUT2D eigenvalue weighted by atomic mass is 9.96. The van der Waals surface area contributed by atoms with Crippen molar-refractivity contribution in [3.05, 3.63) is 69.7 Å². The maximum Gasteiger partial charge on any atom is 0.0435 e. The van der Waals surface area contributed by atoms with Gasteiger partial charge < -0.3 is 5.73 Å². The molecule has 0 aliphatic rings. The fourth-order valence-electron chi connectivity index (χ4n) is 2.31. The zero-order valence-electron chi connectivity index (χ0n) is 12.4. The summed E-state index contributed by atoms with van der Waals surface area (Å²) in [5, 5.41) is 0.794. The molecule has 0 radical (unpaired) electrons. The maximum atomic E-state index is 6.30. The fourth-order valence-corrected chi connectivity index (χ4v) is 2.43. The van der Waals surface area contributed by atoms with Gasteiger partial charge in [0.25, 0.3) is 0 Å². The van der Waals surface area contributed by atoms with E-state index in [-0.39, 0.29) is 6.04 Å². The number of rotatable bonds is 4. The highest BCUT2D eigenvalue weighted by molar-refractivity contribution is 6.31. The van der Waals surface area contributed by atoms with E-state index in [1.807, 2.05) is 19.1 Å². The highest BCUT2D eigenvalue weighted by Crippen LogP contribution is 2.23. The Morgan fingerprint density at radius 2 is 1.60 bits per heavy atom. The lowest BCUT2D eigenvalue weighted by Crippen LogP contribution is -2.13. The third-order valence-electron chi connectivity index (χ3n) is 3.71. The molecule has 0 heterocycles. The minimum atomic E-state index is 0.0101. The van der Waals surface area contributed by atoms with Crippen molar-refractivity contribution in [3.63, 3.8) is 0 Å². The summed E-state index contributed by atoms with van der Waals surface area (Å²) in [7, 11) is 0. The third-order valence-corrected chi connectivity index (χ3v) is 4.14. The van der Waals surface area contributed by atoms with Gasteiger partial charge in [-0.15, -0.1) is 0 Å². The molecule has 0 bridgehead atoms. The molecule has 0 fully saturated rings. The predicted molar refractivity (Wildman–Crippen MR) is 87.4 cm³/mol. The molecule has 2 aromatic carbocycles. The van der Waals surface area contributed by atoms with E-state index in [1.54, 1.807) is 0 Å². The molecule has 0 aliphatic heterocycles. The summed E-state index contributed by atoms with van der Waals surface area (Å²) in [6.45, 7) is 6.42. The van der Waals surface area contributed by atoms with Gasteiger partial charge in [-0.25, -0.2) is 0 Å². The van der Waals surface area contributed by atoms with Gasteiger partial charge in [0, 0.05) is 11.1 Å². The molecule has 1 unspecified atom stereocenters. The second-order valence-electron chi connectivity index (χ2n) is 5.72. The molecular weight excluding hydrogens is 266 g/mol. The maximum absolute atomic E-state index is 6.30. The summed E-state index contributed by atoms with van der Waals surface area (Å²) >= 11 is 6.05. The average molecular weight is 288 g/mol. The lowest BCUT2D eigenvalue weighted by molar-refractivity contribution is 0.720. The molecule has 106 valence electrons. The highest BCUT2D eigenvalue weighted by Gasteiger charge is 2.09. The van der Waals surface area contributed by atoms with Gasteiger partial charge in [-0.05, 0) is 47.6 Å². The first kappa shape index (κ1) is 15.1. The van der Waals surface area contributed by atoms with Gasteiger partial charge >= 0.3 is 0 Å². The minimum absolute atomic E-state index is 0.0101. The van der Waals surface area contributed by atoms with Crippen molar-refractivity contribution in [2.75, 3.05) is 0 Å². The second kappa shape index (κ2) is 6.43. The highest BCUT2D eigenvalue weighted by atomic mass is 35.5. The van der Waals surface area contributed by atoms with Crippen LogP contribution in [0, 0.1) is 6.92 Å². The Morgan fingerprint density at radius 3 is 2.15 bits per heavy atom. The topological polar surface area (TPSA) is 26.0 Å². The number of hydrogen-bond acceptors (Lipinski definition) is 1. The van der Waals surface area contributed by atoms with Crippen LogP contribution < -0.4 is 5.73 Å². The molecule has 0 aromatic heterocycles. The van der Waals surface area contributed by atoms with Gasteiger partial charge in [0.15, 0.2) is 0 Å². The van der Waals surface area contributed by atoms with E-state index in [1.165, 1.54) is 11.1 Å². The minimum Gasteiger partial charge on any atom is -0.324 e. The number of nitrogens with two attached hydrogens (primary N) is 1. The molecule has 1 nitrogen and oxygen atoms in total. The molecule has 0 saturated heterocycles. The van der Waals surface area contributed by atoms with Crippen LogP contribution in [0.2, 0.25) is 5.02 Å². The van der Waals surface area contributed by atoms with Crippen molar-refractivity contribution in [1.29, 1.82) is 0 Å². The van der Waals surface area contributed by atoms with Gasteiger partial charge in [-0.1, -0.05) is 61.8 Å². The normalized spacial score (nSPS) is 12.7. The van der Waals surface area contributed by atoms with Crippen LogP contribution in [-0.2, 0) is 6.42 Å². The summed E-state index contributed by atoms with van der Waals surface area (Å²) in [5.41, 5.74) is 11.2. The Labute approximate surface area is 126 Å². The molecule has 2 N–H and O–H groups in total. The molecule has 2 heteroatoms. The molecule has 2 rings (SSSR count). The van der Waals surface area contributed by atoms with Crippen LogP contribution in [0.3, 0.4) is 0 Å². The van der Waals surface area contributed by atoms with Gasteiger partial charge in [-0.2, -0.15) is 0 Å². The van der Waals surface area contributed by atoms with E-state index in [4.69, 9.17) is 17.3 Å². The second-order valence-corrected chi connectivity index (χ2v) is 6.12. The van der Waals surface area contributed by atoms with E-state index in [2.05, 4.69) is 44.2 Å². The summed E-state index contributed by atoms with van der Waals surface area (Å²) in [6, 6.07) is 14.8. The smallest absolute Gasteiger partial charge is 0.0435 e. The van der Waals surface area contributed by atoms with Crippen LogP contribution in [0.15, 0.2) is 42.5 Å². The van der Waals surface area contributed by atoms with Crippen LogP contribution in [0.25, 0.3) is 0 Å². The zero-order chi connectivity index (χ0) is 14.7. The monoisotopic (exact) mass is 287 g/mol. The summed E-state index contributed by atoms with van der Waals surface area (Å²) in [6.07, 6.45) is 0.847. The largest absolute Gasteiger partial charge is 0.324 e. The Morgan fingerprint density at radius 1 is 1.00 bits per heavy atom. The predicted octanol–water partition coefficient (Wildman–Crippen LogP) is 5.01. The summed E-state index contributed by atoms with van der Waals surface area (Å²) < 4.78 is 0. The van der Waals surface area contributed by atoms with Gasteiger partial charge in [0.05, 0.1) is 0 Å². The van der Waals surface area contributed by atoms with Crippen molar-refractivity contribution < 1.29 is 0 Å². The molecule has 0 saturated carbocycles. The molecule has 0 spiro atoms. The van der Waals surface area contributed by atoms with Crippen LogP contribution >= 0.6 is 11.6 Å². The Kier molecular flexibility index (Phi) is 4.85. The Bertz CT molecular complexity index is 572. The van der Waals surface area contributed by atoms with Crippen LogP contribution in [-0.4, -0.2) is 0 Å². The van der Waals surface area contributed by atoms with Crippen molar-refractivity contribution in [3.8, 4) is 0 Å². The van der Waals surface area contributed by atoms with Crippen LogP contribution in [0.5, 0.6) is 0 Å². The molecule has 20 heavy (non-hydrogen) atoms. The average Bonchev–Trinajstić information content (AvgIpc) is 2.42. The summed E-state index contributed by atoms with van der Waals surface area (Å²) in [5.74, 6) is 0.566. The van der Waals surface area contributed by atoms with E-state index < -0.39 is 0 Å². The van der Waals surface area contributed by atoms with Crippen molar-refractivity contribution in [2.24, 2.45) is 5.73 Å². The van der Waals surface area contributed by atoms with E-state index >= 15 is 0 Å². The zero-order valence-corrected chi connectivity index (χ0v) is 13.1. The standard InChI is InChI=1S/C18H22ClN/c1-12(2)15-6-4-14(5-7-15)11-18(20)16-8-9-17(19)13(3)10-16/h4-10,12,18H,11,20H2,1-3H3. The number of benzene rings is 2. The fraction of sp³-hybridized carbons (Fsp3) is 0.333. The SMILES string of the molecule is Cc1cc(C(N)Cc2ccc(C(C)C)cc2)ccc1Cl. The quantitative estimate of drug-likeness (QED) is 0.840. The van der Waals surface area contributed by atoms with E-state index in [0.717, 1.165) is 22.6 Å². The first-order valence-corrected chi connectivity index (χ1v) is 7.45. The van der Waals surface area contributed by atoms with Crippen LogP contribution in [0.1, 0.15) is 48.1 Å². The van der Waals surface area contributed by atoms with E-state index in [9.17, 15) is 0 Å². The number of aryl methyl sites for hydroxylation is 1. The first-order chi connectivity index (χ1) is 9.47. The van der Waals surface area contributed by atoms with Gasteiger partial charge in [0.1, 0.15) is 0 Å². The van der Waals surface area contributed by atoms with E-state index in [0.29, 0.717) is 5.92 Å². The van der Waals surface area contributed by atoms with Crippen molar-refractivity contribution in [1.82, 2.24) is 0 Å². The summed E-state index contributed by atoms with van der Waals surface area (Å²) in [4.78, 5) is 0. The molecular formula is C18H22ClN. The number of hydrogen-bond donors (Lipinski definition) is 1. The molecule has 1 atom stereocenters. The van der Waals surface area contributed by atoms with Gasteiger partial charge in [-0.3, -0.25) is 0 Å². The molecule has 2 aromatic rings. The molecule has 0 aliphatic carbocycles. The third kappa shape index (κ3) is 3.62. The molecule has 0 amide bonds. The number of halogens is 1. The van der Waals surface area contributed by atoms with Crippen molar-refractivity contribution in [2.45, 2.75) is 39.2 Å². The van der Waals surface area contributed by atoms with Crippen molar-refractivity contribution >= 4 is 11.6 Å². The lowest BCUT2D eigenvalue weighted by Gasteiger charge is -2.14. The first-order valence-electron chi connectivity index (χ1n) is 7.08. The van der Waals surface area contributed by atoms with Crippen LogP contribution in [0.4, 0.5) is 0 Å². The Hall–Kier alpha value is -1.31.